The molecule has 3 aromatic rings. The van der Waals surface area contributed by atoms with Crippen molar-refractivity contribution in [3.8, 4) is 0 Å². The number of fused-ring (bicyclic) bond motifs is 5. The van der Waals surface area contributed by atoms with Crippen molar-refractivity contribution in [3.63, 3.8) is 0 Å². The van der Waals surface area contributed by atoms with Gasteiger partial charge in [0.2, 0.25) is 0 Å². The maximum atomic E-state index is 8.97. The second-order valence-corrected chi connectivity index (χ2v) is 9.36. The lowest BCUT2D eigenvalue weighted by Crippen LogP contribution is -2.39. The van der Waals surface area contributed by atoms with Gasteiger partial charge in [-0.2, -0.15) is 0 Å². The highest BCUT2D eigenvalue weighted by Crippen LogP contribution is 2.33. The molecule has 3 aromatic carbocycles. The summed E-state index contributed by atoms with van der Waals surface area (Å²) in [6.07, 6.45) is 8.97. The summed E-state index contributed by atoms with van der Waals surface area (Å²) in [5, 5.41) is 21.1. The molecule has 1 aliphatic heterocycles. The number of nitrogens with one attached hydrogen (secondary N) is 2. The Bertz CT molecular complexity index is 969. The van der Waals surface area contributed by atoms with Crippen molar-refractivity contribution in [1.82, 2.24) is 10.6 Å². The van der Waals surface area contributed by atoms with Crippen molar-refractivity contribution in [3.05, 3.63) is 59.7 Å². The molecule has 2 aliphatic carbocycles. The molecule has 32 heavy (non-hydrogen) atoms. The van der Waals surface area contributed by atoms with Crippen LogP contribution < -0.4 is 16.4 Å². The summed E-state index contributed by atoms with van der Waals surface area (Å²) < 4.78 is 0. The Morgan fingerprint density at radius 3 is 2.03 bits per heavy atom. The molecule has 172 valence electrons. The molecule has 0 bridgehead atoms. The first-order chi connectivity index (χ1) is 15.7. The van der Waals surface area contributed by atoms with Gasteiger partial charge in [-0.15, -0.1) is 0 Å². The maximum Gasteiger partial charge on any atom is 0.0541 e. The summed E-state index contributed by atoms with van der Waals surface area (Å²) in [6, 6.07) is 18.3. The van der Waals surface area contributed by atoms with Gasteiger partial charge in [-0.05, 0) is 84.0 Å². The fourth-order valence-electron chi connectivity index (χ4n) is 5.05. The van der Waals surface area contributed by atoms with E-state index in [2.05, 4.69) is 59.2 Å². The highest BCUT2D eigenvalue weighted by Gasteiger charge is 2.15. The van der Waals surface area contributed by atoms with E-state index < -0.39 is 0 Å². The summed E-state index contributed by atoms with van der Waals surface area (Å²) in [5.41, 5.74) is 8.76. The van der Waals surface area contributed by atoms with Crippen molar-refractivity contribution in [2.75, 3.05) is 26.2 Å². The topological polar surface area (TPSA) is 70.3 Å². The Morgan fingerprint density at radius 1 is 0.688 bits per heavy atom. The molecular weight excluding hydrogens is 394 g/mol. The average Bonchev–Trinajstić information content (AvgIpc) is 2.87. The number of piperazine rings is 1. The minimum atomic E-state index is -0.0604. The van der Waals surface area contributed by atoms with E-state index in [1.807, 2.05) is 0 Å². The van der Waals surface area contributed by atoms with Gasteiger partial charge in [-0.3, -0.25) is 0 Å². The van der Waals surface area contributed by atoms with Crippen LogP contribution in [-0.4, -0.2) is 43.4 Å². The van der Waals surface area contributed by atoms with Crippen molar-refractivity contribution in [2.24, 2.45) is 5.73 Å². The molecule has 4 heteroatoms. The largest absolute Gasteiger partial charge is 0.393 e. The van der Waals surface area contributed by atoms with Gasteiger partial charge >= 0.3 is 0 Å². The number of hydrogen-bond donors (Lipinski definition) is 4. The standard InChI is InChI=1S/C18H16.C6H13NO.C4H10N2/c1-3-7-15-13(5-1)9-11-18-16-8-4-2-6-14(16)10-12-17(15)18;7-5-1-3-6(8)4-2-5;1-2-6-4-3-5-1/h1,3,5,7,9-12H,2,4,6,8H2;5-6,8H,1-4,7H2;5-6H,1-4H2. The smallest absolute Gasteiger partial charge is 0.0541 e. The number of nitrogens with two attached hydrogens (primary N) is 1. The SMILES string of the molecule is C1CNCCN1.NC1CCC(O)CC1.c1ccc2c(c1)ccc1c3c(ccc12)CCCC3. The molecule has 3 aliphatic rings. The van der Waals surface area contributed by atoms with Gasteiger partial charge in [-0.25, -0.2) is 0 Å². The Hall–Kier alpha value is -1.98. The Labute approximate surface area is 192 Å². The van der Waals surface area contributed by atoms with Gasteiger partial charge in [0.05, 0.1) is 6.10 Å². The second kappa shape index (κ2) is 11.8. The fraction of sp³-hybridized carbons (Fsp3) is 0.500. The molecule has 0 atom stereocenters. The Kier molecular flexibility index (Phi) is 8.52. The first kappa shape index (κ1) is 23.2. The number of aryl methyl sites for hydroxylation is 2. The van der Waals surface area contributed by atoms with E-state index in [-0.39, 0.29) is 6.10 Å². The Balaban J connectivity index is 0.000000144. The van der Waals surface area contributed by atoms with E-state index >= 15 is 0 Å². The normalized spacial score (nSPS) is 22.8. The molecule has 5 N–H and O–H groups in total. The summed E-state index contributed by atoms with van der Waals surface area (Å²) >= 11 is 0. The van der Waals surface area contributed by atoms with Gasteiger partial charge in [-0.1, -0.05) is 48.5 Å². The summed E-state index contributed by atoms with van der Waals surface area (Å²) in [6.45, 7) is 4.56. The predicted octanol–water partition coefficient (Wildman–Crippen LogP) is 4.30. The number of benzene rings is 3. The summed E-state index contributed by atoms with van der Waals surface area (Å²) in [5.74, 6) is 0. The number of aliphatic hydroxyl groups is 1. The molecule has 0 spiro atoms. The third-order valence-corrected chi connectivity index (χ3v) is 6.96. The van der Waals surface area contributed by atoms with Gasteiger partial charge in [0.1, 0.15) is 0 Å². The Morgan fingerprint density at radius 2 is 1.34 bits per heavy atom. The van der Waals surface area contributed by atoms with Crippen LogP contribution >= 0.6 is 0 Å². The van der Waals surface area contributed by atoms with Crippen molar-refractivity contribution < 1.29 is 5.11 Å². The first-order valence-corrected chi connectivity index (χ1v) is 12.5. The van der Waals surface area contributed by atoms with Gasteiger partial charge in [0.25, 0.3) is 0 Å². The molecule has 0 radical (unpaired) electrons. The van der Waals surface area contributed by atoms with Crippen LogP contribution in [0.5, 0.6) is 0 Å². The zero-order valence-electron chi connectivity index (χ0n) is 19.3. The minimum absolute atomic E-state index is 0.0604. The highest BCUT2D eigenvalue weighted by atomic mass is 16.3. The molecule has 1 heterocycles. The van der Waals surface area contributed by atoms with Crippen LogP contribution in [-0.2, 0) is 12.8 Å². The molecule has 4 nitrogen and oxygen atoms in total. The highest BCUT2D eigenvalue weighted by molar-refractivity contribution is 6.08. The minimum Gasteiger partial charge on any atom is -0.393 e. The van der Waals surface area contributed by atoms with Crippen molar-refractivity contribution in [2.45, 2.75) is 63.5 Å². The number of hydrogen-bond acceptors (Lipinski definition) is 4. The quantitative estimate of drug-likeness (QED) is 0.399. The maximum absolute atomic E-state index is 8.97. The zero-order chi connectivity index (χ0) is 22.2. The van der Waals surface area contributed by atoms with E-state index in [1.165, 1.54) is 47.2 Å². The molecule has 1 saturated carbocycles. The number of rotatable bonds is 0. The third-order valence-electron chi connectivity index (χ3n) is 6.96. The molecule has 6 rings (SSSR count). The summed E-state index contributed by atoms with van der Waals surface area (Å²) in [4.78, 5) is 0. The monoisotopic (exact) mass is 433 g/mol. The van der Waals surface area contributed by atoms with E-state index in [0.29, 0.717) is 6.04 Å². The van der Waals surface area contributed by atoms with E-state index in [9.17, 15) is 0 Å². The molecular formula is C28H39N3O. The van der Waals surface area contributed by atoms with Crippen molar-refractivity contribution in [1.29, 1.82) is 0 Å². The first-order valence-electron chi connectivity index (χ1n) is 12.5. The molecule has 2 fully saturated rings. The van der Waals surface area contributed by atoms with Crippen LogP contribution in [0.15, 0.2) is 48.5 Å². The lowest BCUT2D eigenvalue weighted by molar-refractivity contribution is 0.123. The van der Waals surface area contributed by atoms with Gasteiger partial charge < -0.3 is 21.5 Å². The number of aliphatic hydroxyl groups excluding tert-OH is 1. The molecule has 0 amide bonds. The lowest BCUT2D eigenvalue weighted by atomic mass is 9.86. The van der Waals surface area contributed by atoms with Gasteiger partial charge in [0, 0.05) is 32.2 Å². The van der Waals surface area contributed by atoms with Crippen molar-refractivity contribution >= 4 is 21.5 Å². The van der Waals surface area contributed by atoms with E-state index in [0.717, 1.165) is 51.9 Å². The molecule has 0 unspecified atom stereocenters. The van der Waals surface area contributed by atoms with E-state index in [1.54, 1.807) is 11.1 Å². The third kappa shape index (κ3) is 6.08. The lowest BCUT2D eigenvalue weighted by Gasteiger charge is -2.21. The second-order valence-electron chi connectivity index (χ2n) is 9.36. The van der Waals surface area contributed by atoms with Crippen LogP contribution in [0.2, 0.25) is 0 Å². The van der Waals surface area contributed by atoms with E-state index in [4.69, 9.17) is 10.8 Å². The van der Waals surface area contributed by atoms with Crippen LogP contribution in [0.1, 0.15) is 49.7 Å². The molecule has 0 aromatic heterocycles. The van der Waals surface area contributed by atoms with Crippen LogP contribution in [0, 0.1) is 0 Å². The zero-order valence-corrected chi connectivity index (χ0v) is 19.3. The summed E-state index contributed by atoms with van der Waals surface area (Å²) in [7, 11) is 0. The predicted molar refractivity (Wildman–Crippen MR) is 136 cm³/mol. The van der Waals surface area contributed by atoms with Crippen LogP contribution in [0.25, 0.3) is 21.5 Å². The fourth-order valence-corrected chi connectivity index (χ4v) is 5.05. The van der Waals surface area contributed by atoms with Gasteiger partial charge in [0.15, 0.2) is 0 Å². The van der Waals surface area contributed by atoms with Crippen LogP contribution in [0.4, 0.5) is 0 Å². The van der Waals surface area contributed by atoms with Crippen LogP contribution in [0.3, 0.4) is 0 Å². The average molecular weight is 434 g/mol. The molecule has 1 saturated heterocycles.